The van der Waals surface area contributed by atoms with Crippen LogP contribution >= 0.6 is 22.7 Å². The van der Waals surface area contributed by atoms with E-state index >= 15 is 0 Å². The molecule has 1 atom stereocenters. The lowest BCUT2D eigenvalue weighted by Gasteiger charge is -2.27. The molecule has 0 aromatic carbocycles. The fourth-order valence-electron chi connectivity index (χ4n) is 3.42. The molecule has 0 bridgehead atoms. The van der Waals surface area contributed by atoms with Crippen molar-refractivity contribution in [3.8, 4) is 5.75 Å². The van der Waals surface area contributed by atoms with Crippen LogP contribution < -0.4 is 15.0 Å². The number of nitrogens with one attached hydrogen (secondary N) is 1. The first kappa shape index (κ1) is 27.7. The van der Waals surface area contributed by atoms with Crippen LogP contribution in [-0.4, -0.2) is 46.7 Å². The highest BCUT2D eigenvalue weighted by Gasteiger charge is 2.29. The number of aromatic nitrogens is 2. The summed E-state index contributed by atoms with van der Waals surface area (Å²) in [5.74, 6) is 0.572. The Balaban J connectivity index is 1.97. The summed E-state index contributed by atoms with van der Waals surface area (Å²) in [6, 6.07) is 3.68. The van der Waals surface area contributed by atoms with Crippen molar-refractivity contribution in [1.82, 2.24) is 15.5 Å². The van der Waals surface area contributed by atoms with Gasteiger partial charge in [-0.15, -0.1) is 27.8 Å². The smallest absolute Gasteiger partial charge is 0.415 e. The van der Waals surface area contributed by atoms with E-state index in [1.165, 1.54) is 11.3 Å². The Morgan fingerprint density at radius 2 is 1.83 bits per heavy atom. The molecule has 36 heavy (non-hydrogen) atoms. The van der Waals surface area contributed by atoms with E-state index in [0.717, 1.165) is 14.5 Å². The Morgan fingerprint density at radius 1 is 1.14 bits per heavy atom. The number of amides is 2. The van der Waals surface area contributed by atoms with Gasteiger partial charge in [-0.2, -0.15) is 5.10 Å². The molecular weight excluding hydrogens is 500 g/mol. The zero-order valence-corrected chi connectivity index (χ0v) is 23.6. The number of thiophene rings is 2. The van der Waals surface area contributed by atoms with Crippen molar-refractivity contribution < 1.29 is 23.8 Å². The molecule has 0 saturated heterocycles. The lowest BCUT2D eigenvalue weighted by molar-refractivity contribution is 0.0506. The van der Waals surface area contributed by atoms with Gasteiger partial charge in [0.25, 0.3) is 0 Å². The van der Waals surface area contributed by atoms with E-state index in [1.807, 2.05) is 66.0 Å². The number of hydrogen-bond acceptors (Lipinski definition) is 9. The quantitative estimate of drug-likeness (QED) is 0.387. The molecule has 0 aliphatic rings. The van der Waals surface area contributed by atoms with Gasteiger partial charge in [-0.1, -0.05) is 6.07 Å². The molecule has 0 spiro atoms. The van der Waals surface area contributed by atoms with Gasteiger partial charge in [0, 0.05) is 17.3 Å². The predicted molar refractivity (Wildman–Crippen MR) is 143 cm³/mol. The largest absolute Gasteiger partial charge is 0.493 e. The van der Waals surface area contributed by atoms with Gasteiger partial charge in [0.05, 0.1) is 35.1 Å². The number of fused-ring (bicyclic) bond motifs is 1. The number of carbonyl (C=O) groups is 2. The Labute approximate surface area is 219 Å². The molecule has 0 saturated carbocycles. The molecule has 3 aromatic heterocycles. The van der Waals surface area contributed by atoms with E-state index in [2.05, 4.69) is 15.5 Å². The maximum absolute atomic E-state index is 13.3. The molecule has 1 N–H and O–H groups in total. The monoisotopic (exact) mass is 534 g/mol. The van der Waals surface area contributed by atoms with Gasteiger partial charge in [0.15, 0.2) is 5.75 Å². The molecule has 11 heteroatoms. The van der Waals surface area contributed by atoms with Crippen LogP contribution in [0.1, 0.15) is 58.2 Å². The van der Waals surface area contributed by atoms with Crippen molar-refractivity contribution in [3.05, 3.63) is 33.5 Å². The molecule has 196 valence electrons. The van der Waals surface area contributed by atoms with E-state index in [0.29, 0.717) is 29.9 Å². The topological polar surface area (TPSA) is 103 Å². The maximum atomic E-state index is 13.3. The van der Waals surface area contributed by atoms with Crippen molar-refractivity contribution in [2.75, 3.05) is 12.0 Å². The third-order valence-corrected chi connectivity index (χ3v) is 6.80. The van der Waals surface area contributed by atoms with E-state index in [-0.39, 0.29) is 6.04 Å². The molecular formula is C25H34N4O5S2. The van der Waals surface area contributed by atoms with Crippen LogP contribution in [-0.2, 0) is 22.4 Å². The van der Waals surface area contributed by atoms with Gasteiger partial charge < -0.3 is 19.5 Å². The summed E-state index contributed by atoms with van der Waals surface area (Å²) in [5.41, 5.74) is -0.105. The van der Waals surface area contributed by atoms with E-state index < -0.39 is 23.4 Å². The number of rotatable bonds is 7. The van der Waals surface area contributed by atoms with Crippen molar-refractivity contribution in [2.24, 2.45) is 0 Å². The van der Waals surface area contributed by atoms with Gasteiger partial charge in [-0.25, -0.2) is 9.59 Å². The first-order chi connectivity index (χ1) is 16.8. The van der Waals surface area contributed by atoms with Crippen LogP contribution in [0, 0.1) is 0 Å². The molecule has 3 rings (SSSR count). The number of alkyl carbamates (subject to hydrolysis) is 1. The zero-order chi connectivity index (χ0) is 26.7. The normalized spacial score (nSPS) is 12.8. The second kappa shape index (κ2) is 11.0. The summed E-state index contributed by atoms with van der Waals surface area (Å²) in [4.78, 5) is 29.0. The number of ether oxygens (including phenoxy) is 3. The molecule has 2 amide bonds. The highest BCUT2D eigenvalue weighted by Crippen LogP contribution is 2.42. The molecule has 0 fully saturated rings. The second-order valence-electron chi connectivity index (χ2n) is 10.4. The first-order valence-electron chi connectivity index (χ1n) is 11.6. The van der Waals surface area contributed by atoms with E-state index in [4.69, 9.17) is 14.2 Å². The third kappa shape index (κ3) is 7.30. The minimum absolute atomic E-state index is 0.230. The van der Waals surface area contributed by atoms with Gasteiger partial charge in [0.2, 0.25) is 0 Å². The van der Waals surface area contributed by atoms with Gasteiger partial charge in [-0.05, 0) is 59.9 Å². The molecule has 0 aliphatic carbocycles. The van der Waals surface area contributed by atoms with Gasteiger partial charge in [0.1, 0.15) is 16.7 Å². The lowest BCUT2D eigenvalue weighted by atomic mass is 10.2. The molecule has 3 aromatic rings. The minimum atomic E-state index is -0.661. The zero-order valence-electron chi connectivity index (χ0n) is 22.0. The van der Waals surface area contributed by atoms with Crippen LogP contribution in [0.4, 0.5) is 15.3 Å². The Hall–Kier alpha value is -2.92. The number of nitrogens with zero attached hydrogens (tertiary/aromatic N) is 3. The number of carbonyl (C=O) groups excluding carboxylic acids is 2. The van der Waals surface area contributed by atoms with Crippen molar-refractivity contribution in [1.29, 1.82) is 0 Å². The number of anilines is 1. The molecule has 0 radical (unpaired) electrons. The molecule has 0 unspecified atom stereocenters. The fraction of sp³-hybridized carbons (Fsp3) is 0.520. The van der Waals surface area contributed by atoms with Crippen LogP contribution in [0.2, 0.25) is 0 Å². The molecule has 3 heterocycles. The maximum Gasteiger partial charge on any atom is 0.415 e. The summed E-state index contributed by atoms with van der Waals surface area (Å²) in [6.45, 7) is 13.2. The highest BCUT2D eigenvalue weighted by atomic mass is 32.1. The highest BCUT2D eigenvalue weighted by molar-refractivity contribution is 7.20. The summed E-state index contributed by atoms with van der Waals surface area (Å²) < 4.78 is 17.5. The van der Waals surface area contributed by atoms with Crippen LogP contribution in [0.25, 0.3) is 10.2 Å². The van der Waals surface area contributed by atoms with Crippen LogP contribution in [0.5, 0.6) is 5.75 Å². The van der Waals surface area contributed by atoms with Gasteiger partial charge >= 0.3 is 12.2 Å². The summed E-state index contributed by atoms with van der Waals surface area (Å²) in [6.07, 6.45) is 1.10. The Bertz CT molecular complexity index is 1200. The predicted octanol–water partition coefficient (Wildman–Crippen LogP) is 6.16. The summed E-state index contributed by atoms with van der Waals surface area (Å²) in [7, 11) is 1.57. The van der Waals surface area contributed by atoms with Crippen LogP contribution in [0.15, 0.2) is 23.7 Å². The number of methoxy groups -OCH3 is 1. The van der Waals surface area contributed by atoms with E-state index in [9.17, 15) is 9.59 Å². The second-order valence-corrected chi connectivity index (χ2v) is 12.5. The Kier molecular flexibility index (Phi) is 8.45. The minimum Gasteiger partial charge on any atom is -0.493 e. The van der Waals surface area contributed by atoms with Crippen molar-refractivity contribution >= 4 is 50.8 Å². The van der Waals surface area contributed by atoms with Crippen molar-refractivity contribution in [3.63, 3.8) is 0 Å². The third-order valence-electron chi connectivity index (χ3n) is 4.74. The van der Waals surface area contributed by atoms with Crippen LogP contribution in [0.3, 0.4) is 0 Å². The molecule has 9 nitrogen and oxygen atoms in total. The van der Waals surface area contributed by atoms with E-state index in [1.54, 1.807) is 29.5 Å². The Morgan fingerprint density at radius 3 is 2.42 bits per heavy atom. The fourth-order valence-corrected chi connectivity index (χ4v) is 5.46. The van der Waals surface area contributed by atoms with Gasteiger partial charge in [-0.3, -0.25) is 4.90 Å². The average molecular weight is 535 g/mol. The first-order valence-corrected chi connectivity index (χ1v) is 13.3. The SMILES string of the molecule is COc1c(C[C@H](C)NC(=O)OC(C)(C)C)sc2c(N(Cc3cccs3)C(=O)OC(C)(C)C)cnnc12. The molecule has 0 aliphatic heterocycles. The lowest BCUT2D eigenvalue weighted by Crippen LogP contribution is -2.38. The number of hydrogen-bond donors (Lipinski definition) is 1. The summed E-state index contributed by atoms with van der Waals surface area (Å²) in [5, 5.41) is 13.3. The standard InChI is InChI=1S/C25H34N4O5S2/c1-15(27-22(30)33-24(2,3)4)12-18-20(32-8)19-21(36-18)17(13-26-28-19)29(14-16-10-9-11-35-16)23(31)34-25(5,6)7/h9-11,13,15H,12,14H2,1-8H3,(H,27,30)/t15-/m0/s1. The average Bonchev–Trinajstić information content (AvgIpc) is 3.35. The summed E-state index contributed by atoms with van der Waals surface area (Å²) >= 11 is 3.01. The van der Waals surface area contributed by atoms with Crippen molar-refractivity contribution in [2.45, 2.75) is 78.7 Å².